The number of imidazole rings is 1. The van der Waals surface area contributed by atoms with E-state index in [1.54, 1.807) is 24.3 Å². The van der Waals surface area contributed by atoms with Crippen molar-refractivity contribution in [1.82, 2.24) is 9.97 Å². The Kier molecular flexibility index (Phi) is 6.13. The molecule has 4 aromatic rings. The van der Waals surface area contributed by atoms with Crippen LogP contribution < -0.4 is 10.2 Å². The van der Waals surface area contributed by atoms with Crippen molar-refractivity contribution < 1.29 is 9.72 Å². The van der Waals surface area contributed by atoms with E-state index in [0.29, 0.717) is 22.2 Å². The van der Waals surface area contributed by atoms with Crippen LogP contribution in [0.5, 0.6) is 0 Å². The lowest BCUT2D eigenvalue weighted by Gasteiger charge is -2.28. The number of nitro groups is 1. The average Bonchev–Trinajstić information content (AvgIpc) is 3.27. The third kappa shape index (κ3) is 4.70. The van der Waals surface area contributed by atoms with Gasteiger partial charge >= 0.3 is 0 Å². The second kappa shape index (κ2) is 9.38. The molecule has 0 atom stereocenters. The van der Waals surface area contributed by atoms with Gasteiger partial charge in [0.2, 0.25) is 0 Å². The number of piperidine rings is 1. The van der Waals surface area contributed by atoms with Crippen molar-refractivity contribution in [3.63, 3.8) is 0 Å². The van der Waals surface area contributed by atoms with Gasteiger partial charge in [-0.3, -0.25) is 14.9 Å². The molecule has 8 nitrogen and oxygen atoms in total. The Bertz CT molecular complexity index is 1400. The van der Waals surface area contributed by atoms with E-state index in [2.05, 4.69) is 15.3 Å². The van der Waals surface area contributed by atoms with E-state index in [4.69, 9.17) is 11.6 Å². The van der Waals surface area contributed by atoms with E-state index in [9.17, 15) is 14.9 Å². The molecule has 1 aliphatic rings. The van der Waals surface area contributed by atoms with Gasteiger partial charge in [-0.25, -0.2) is 4.98 Å². The first-order valence-corrected chi connectivity index (χ1v) is 11.9. The molecule has 5 rings (SSSR count). The van der Waals surface area contributed by atoms with Crippen LogP contribution in [0.3, 0.4) is 0 Å². The molecule has 2 heterocycles. The molecule has 35 heavy (non-hydrogen) atoms. The summed E-state index contributed by atoms with van der Waals surface area (Å²) < 4.78 is 0. The Hall–Kier alpha value is -3.91. The second-order valence-electron chi connectivity index (χ2n) is 8.75. The smallest absolute Gasteiger partial charge is 0.293 e. The molecule has 1 fully saturated rings. The summed E-state index contributed by atoms with van der Waals surface area (Å²) in [5.74, 6) is 0.238. The Morgan fingerprint density at radius 1 is 1.11 bits per heavy atom. The topological polar surface area (TPSA) is 104 Å². The van der Waals surface area contributed by atoms with Gasteiger partial charge < -0.3 is 15.2 Å². The SMILES string of the molecule is Cc1cc2[nH]c(-c3cccc(NC(=O)c4ccc(N5CCCCC5)c([N+](=O)[O-])c4)c3)nc2cc1Cl. The van der Waals surface area contributed by atoms with E-state index in [1.165, 1.54) is 6.07 Å². The summed E-state index contributed by atoms with van der Waals surface area (Å²) >= 11 is 6.22. The van der Waals surface area contributed by atoms with E-state index in [-0.39, 0.29) is 11.3 Å². The number of aryl methyl sites for hydroxylation is 1. The number of nitro benzene ring substituents is 1. The molecule has 1 aromatic heterocycles. The van der Waals surface area contributed by atoms with Gasteiger partial charge in [0, 0.05) is 41.0 Å². The quantitative estimate of drug-likeness (QED) is 0.251. The molecule has 9 heteroatoms. The highest BCUT2D eigenvalue weighted by molar-refractivity contribution is 6.32. The zero-order valence-corrected chi connectivity index (χ0v) is 19.9. The summed E-state index contributed by atoms with van der Waals surface area (Å²) in [5, 5.41) is 15.2. The molecular formula is C26H24ClN5O3. The first kappa shape index (κ1) is 22.9. The van der Waals surface area contributed by atoms with Crippen LogP contribution in [0.4, 0.5) is 17.1 Å². The first-order chi connectivity index (χ1) is 16.9. The molecule has 0 unspecified atom stereocenters. The lowest BCUT2D eigenvalue weighted by atomic mass is 10.1. The third-order valence-corrected chi connectivity index (χ3v) is 6.69. The Morgan fingerprint density at radius 3 is 2.69 bits per heavy atom. The monoisotopic (exact) mass is 489 g/mol. The molecule has 0 saturated carbocycles. The van der Waals surface area contributed by atoms with E-state index < -0.39 is 10.8 Å². The molecule has 0 radical (unpaired) electrons. The summed E-state index contributed by atoms with van der Waals surface area (Å²) in [6.07, 6.45) is 3.15. The van der Waals surface area contributed by atoms with E-state index in [1.807, 2.05) is 36.1 Å². The zero-order chi connectivity index (χ0) is 24.5. The Balaban J connectivity index is 1.39. The minimum Gasteiger partial charge on any atom is -0.366 e. The maximum Gasteiger partial charge on any atom is 0.293 e. The number of H-pyrrole nitrogens is 1. The minimum atomic E-state index is -0.420. The minimum absolute atomic E-state index is 0.0514. The highest BCUT2D eigenvalue weighted by Gasteiger charge is 2.23. The van der Waals surface area contributed by atoms with Gasteiger partial charge in [-0.15, -0.1) is 0 Å². The number of fused-ring (bicyclic) bond motifs is 1. The predicted molar refractivity (Wildman–Crippen MR) is 138 cm³/mol. The van der Waals surface area contributed by atoms with Crippen LogP contribution in [-0.2, 0) is 0 Å². The highest BCUT2D eigenvalue weighted by atomic mass is 35.5. The summed E-state index contributed by atoms with van der Waals surface area (Å²) in [6.45, 7) is 3.50. The molecule has 0 bridgehead atoms. The van der Waals surface area contributed by atoms with Crippen LogP contribution in [0.15, 0.2) is 54.6 Å². The fraction of sp³-hybridized carbons (Fsp3) is 0.231. The third-order valence-electron chi connectivity index (χ3n) is 6.29. The van der Waals surface area contributed by atoms with Crippen LogP contribution in [0.25, 0.3) is 22.4 Å². The molecule has 1 saturated heterocycles. The molecular weight excluding hydrogens is 466 g/mol. The lowest BCUT2D eigenvalue weighted by Crippen LogP contribution is -2.30. The number of carbonyl (C=O) groups excluding carboxylic acids is 1. The van der Waals surface area contributed by atoms with Crippen molar-refractivity contribution >= 4 is 45.6 Å². The number of benzene rings is 3. The number of nitrogens with zero attached hydrogens (tertiary/aromatic N) is 3. The fourth-order valence-corrected chi connectivity index (χ4v) is 4.59. The van der Waals surface area contributed by atoms with Crippen molar-refractivity contribution in [3.05, 3.63) is 80.9 Å². The van der Waals surface area contributed by atoms with E-state index >= 15 is 0 Å². The second-order valence-corrected chi connectivity index (χ2v) is 9.15. The number of aromatic nitrogens is 2. The van der Waals surface area contributed by atoms with Gasteiger partial charge in [0.05, 0.1) is 16.0 Å². The fourth-order valence-electron chi connectivity index (χ4n) is 4.44. The predicted octanol–water partition coefficient (Wildman–Crippen LogP) is 6.34. The summed E-state index contributed by atoms with van der Waals surface area (Å²) in [5.41, 5.74) is 4.68. The normalized spacial score (nSPS) is 13.7. The molecule has 1 aliphatic heterocycles. The summed E-state index contributed by atoms with van der Waals surface area (Å²) in [6, 6.07) is 15.7. The number of aromatic amines is 1. The largest absolute Gasteiger partial charge is 0.366 e. The number of anilines is 2. The van der Waals surface area contributed by atoms with Crippen LogP contribution in [-0.4, -0.2) is 33.9 Å². The number of hydrogen-bond acceptors (Lipinski definition) is 5. The van der Waals surface area contributed by atoms with Crippen LogP contribution in [0, 0.1) is 17.0 Å². The summed E-state index contributed by atoms with van der Waals surface area (Å²) in [4.78, 5) is 34.2. The molecule has 2 N–H and O–H groups in total. The summed E-state index contributed by atoms with van der Waals surface area (Å²) in [7, 11) is 0. The standard InChI is InChI=1S/C26H24ClN5O3/c1-16-12-21-22(15-20(16)27)30-25(29-21)17-6-5-7-19(13-17)28-26(33)18-8-9-23(24(14-18)32(34)35)31-10-3-2-4-11-31/h5-9,12-15H,2-4,10-11H2,1H3,(H,28,33)(H,29,30). The number of halogens is 1. The average molecular weight is 490 g/mol. The molecule has 0 spiro atoms. The van der Waals surface area contributed by atoms with Gasteiger partial charge in [-0.1, -0.05) is 23.7 Å². The van der Waals surface area contributed by atoms with Crippen molar-refractivity contribution in [2.24, 2.45) is 0 Å². The van der Waals surface area contributed by atoms with Crippen molar-refractivity contribution in [1.29, 1.82) is 0 Å². The van der Waals surface area contributed by atoms with Crippen LogP contribution >= 0.6 is 11.6 Å². The van der Waals surface area contributed by atoms with Gasteiger partial charge in [-0.05, 0) is 68.1 Å². The van der Waals surface area contributed by atoms with Crippen LogP contribution in [0.1, 0.15) is 35.2 Å². The highest BCUT2D eigenvalue weighted by Crippen LogP contribution is 2.32. The number of hydrogen-bond donors (Lipinski definition) is 2. The Labute approximate surface area is 207 Å². The number of carbonyl (C=O) groups is 1. The molecule has 1 amide bonds. The van der Waals surface area contributed by atoms with Gasteiger partial charge in [0.25, 0.3) is 11.6 Å². The van der Waals surface area contributed by atoms with Crippen LogP contribution in [0.2, 0.25) is 5.02 Å². The van der Waals surface area contributed by atoms with Crippen molar-refractivity contribution in [2.75, 3.05) is 23.3 Å². The van der Waals surface area contributed by atoms with Gasteiger partial charge in [0.1, 0.15) is 11.5 Å². The Morgan fingerprint density at radius 2 is 1.91 bits per heavy atom. The van der Waals surface area contributed by atoms with Crippen molar-refractivity contribution in [3.8, 4) is 11.4 Å². The molecule has 178 valence electrons. The first-order valence-electron chi connectivity index (χ1n) is 11.5. The molecule has 3 aromatic carbocycles. The maximum absolute atomic E-state index is 13.0. The van der Waals surface area contributed by atoms with Gasteiger partial charge in [-0.2, -0.15) is 0 Å². The maximum atomic E-state index is 13.0. The van der Waals surface area contributed by atoms with E-state index in [0.717, 1.165) is 54.5 Å². The number of amides is 1. The van der Waals surface area contributed by atoms with Gasteiger partial charge in [0.15, 0.2) is 0 Å². The van der Waals surface area contributed by atoms with Crippen molar-refractivity contribution in [2.45, 2.75) is 26.2 Å². The lowest BCUT2D eigenvalue weighted by molar-refractivity contribution is -0.384. The number of nitrogens with one attached hydrogen (secondary N) is 2. The number of rotatable bonds is 5. The zero-order valence-electron chi connectivity index (χ0n) is 19.2. The molecule has 0 aliphatic carbocycles.